The van der Waals surface area contributed by atoms with Crippen LogP contribution in [-0.4, -0.2) is 30.0 Å². The Balaban J connectivity index is 1.79. The van der Waals surface area contributed by atoms with Gasteiger partial charge in [0.1, 0.15) is 6.61 Å². The molecule has 1 unspecified atom stereocenters. The first kappa shape index (κ1) is 25.0. The van der Waals surface area contributed by atoms with E-state index in [1.807, 2.05) is 17.5 Å². The number of rotatable bonds is 9. The Bertz CT molecular complexity index is 1210. The number of thiophene rings is 1. The maximum Gasteiger partial charge on any atom is 0.337 e. The number of thioether (sulfide) groups is 1. The molecular weight excluding hydrogens is 470 g/mol. The van der Waals surface area contributed by atoms with E-state index in [9.17, 15) is 19.6 Å². The van der Waals surface area contributed by atoms with E-state index in [0.717, 1.165) is 4.88 Å². The van der Waals surface area contributed by atoms with Gasteiger partial charge >= 0.3 is 5.97 Å². The average Bonchev–Trinajstić information content (AvgIpc) is 3.35. The zero-order valence-corrected chi connectivity index (χ0v) is 20.3. The summed E-state index contributed by atoms with van der Waals surface area (Å²) in [5.74, 6) is -1.38. The fourth-order valence-electron chi connectivity index (χ4n) is 3.37. The molecule has 1 aliphatic rings. The van der Waals surface area contributed by atoms with Gasteiger partial charge in [0, 0.05) is 21.8 Å². The number of nitriles is 1. The van der Waals surface area contributed by atoms with Crippen LogP contribution in [0.4, 0.5) is 5.69 Å². The van der Waals surface area contributed by atoms with Crippen molar-refractivity contribution in [3.05, 3.63) is 86.7 Å². The number of hydrogen-bond acceptors (Lipinski definition) is 8. The molecule has 0 saturated carbocycles. The maximum atomic E-state index is 12.8. The highest BCUT2D eigenvalue weighted by Gasteiger charge is 2.36. The fraction of sp³-hybridized carbons (Fsp3) is 0.200. The van der Waals surface area contributed by atoms with Gasteiger partial charge in [-0.05, 0) is 49.6 Å². The van der Waals surface area contributed by atoms with Crippen molar-refractivity contribution in [3.8, 4) is 6.07 Å². The van der Waals surface area contributed by atoms with Crippen LogP contribution < -0.4 is 10.6 Å². The second-order valence-electron chi connectivity index (χ2n) is 7.32. The highest BCUT2D eigenvalue weighted by atomic mass is 32.2. The van der Waals surface area contributed by atoms with Crippen molar-refractivity contribution in [1.82, 2.24) is 5.32 Å². The minimum absolute atomic E-state index is 0.0443. The van der Waals surface area contributed by atoms with Crippen molar-refractivity contribution in [2.45, 2.75) is 19.8 Å². The molecule has 3 rings (SSSR count). The summed E-state index contributed by atoms with van der Waals surface area (Å²) in [4.78, 5) is 37.6. The molecule has 2 aromatic rings. The lowest BCUT2D eigenvalue weighted by Crippen LogP contribution is -2.29. The average molecular weight is 494 g/mol. The molecule has 0 aliphatic carbocycles. The monoisotopic (exact) mass is 493 g/mol. The van der Waals surface area contributed by atoms with Crippen LogP contribution >= 0.6 is 23.1 Å². The number of ketones is 1. The van der Waals surface area contributed by atoms with E-state index in [1.54, 1.807) is 31.2 Å². The summed E-state index contributed by atoms with van der Waals surface area (Å²) >= 11 is 2.62. The third-order valence-electron chi connectivity index (χ3n) is 4.95. The Morgan fingerprint density at radius 2 is 2.03 bits per heavy atom. The molecule has 174 valence electrons. The van der Waals surface area contributed by atoms with Gasteiger partial charge in [0.2, 0.25) is 5.91 Å². The Kier molecular flexibility index (Phi) is 8.46. The van der Waals surface area contributed by atoms with E-state index in [0.29, 0.717) is 33.1 Å². The number of allylic oxidation sites excluding steroid dienone is 2. The molecule has 34 heavy (non-hydrogen) atoms. The number of nitrogens with zero attached hydrogens (tertiary/aromatic N) is 1. The zero-order valence-electron chi connectivity index (χ0n) is 18.7. The molecule has 7 nitrogen and oxygen atoms in total. The molecule has 0 saturated heterocycles. The van der Waals surface area contributed by atoms with E-state index in [2.05, 4.69) is 23.3 Å². The van der Waals surface area contributed by atoms with Crippen molar-refractivity contribution < 1.29 is 19.1 Å². The van der Waals surface area contributed by atoms with Crippen molar-refractivity contribution in [2.75, 3.05) is 17.7 Å². The molecule has 9 heteroatoms. The van der Waals surface area contributed by atoms with Crippen LogP contribution in [-0.2, 0) is 14.3 Å². The fourth-order valence-corrected chi connectivity index (χ4v) is 5.11. The normalized spacial score (nSPS) is 15.3. The Labute approximate surface area is 206 Å². The summed E-state index contributed by atoms with van der Waals surface area (Å²) in [5, 5.41) is 18.3. The molecule has 0 fully saturated rings. The predicted molar refractivity (Wildman–Crippen MR) is 134 cm³/mol. The lowest BCUT2D eigenvalue weighted by molar-refractivity contribution is -0.138. The second kappa shape index (κ2) is 11.5. The van der Waals surface area contributed by atoms with Crippen molar-refractivity contribution in [1.29, 1.82) is 5.26 Å². The number of amides is 1. The van der Waals surface area contributed by atoms with Gasteiger partial charge in [0.15, 0.2) is 5.78 Å². The minimum atomic E-state index is -0.590. The molecule has 2 heterocycles. The molecular formula is C25H23N3O4S2. The van der Waals surface area contributed by atoms with Crippen LogP contribution in [0.3, 0.4) is 0 Å². The SMILES string of the molecule is C=CCOC(=O)C1=C(C)NC(SCC(=O)Nc2ccc(C(C)=O)cc2)=C(C#N)C1c1cccs1. The highest BCUT2D eigenvalue weighted by molar-refractivity contribution is 8.03. The highest BCUT2D eigenvalue weighted by Crippen LogP contribution is 2.42. The van der Waals surface area contributed by atoms with Crippen LogP contribution in [0.1, 0.15) is 35.0 Å². The Morgan fingerprint density at radius 3 is 2.62 bits per heavy atom. The zero-order chi connectivity index (χ0) is 24.7. The standard InChI is InChI=1S/C25H23N3O4S2/c1-4-11-32-25(31)22-15(2)27-24(19(13-26)23(22)20-6-5-12-33-20)34-14-21(30)28-18-9-7-17(8-10-18)16(3)29/h4-10,12,23,27H,1,11,14H2,2-3H3,(H,28,30). The molecule has 1 aromatic heterocycles. The number of carbonyl (C=O) groups excluding carboxylic acids is 3. The van der Waals surface area contributed by atoms with Crippen molar-refractivity contribution in [2.24, 2.45) is 0 Å². The van der Waals surface area contributed by atoms with Gasteiger partial charge in [0.05, 0.1) is 33.9 Å². The Hall–Kier alpha value is -3.61. The topological polar surface area (TPSA) is 108 Å². The van der Waals surface area contributed by atoms with Crippen LogP contribution in [0, 0.1) is 11.3 Å². The van der Waals surface area contributed by atoms with E-state index in [-0.39, 0.29) is 24.1 Å². The van der Waals surface area contributed by atoms with Crippen LogP contribution in [0.25, 0.3) is 0 Å². The third kappa shape index (κ3) is 5.84. The van der Waals surface area contributed by atoms with Crippen LogP contribution in [0.2, 0.25) is 0 Å². The van der Waals surface area contributed by atoms with Gasteiger partial charge in [-0.25, -0.2) is 4.79 Å². The number of esters is 1. The molecule has 1 atom stereocenters. The van der Waals surface area contributed by atoms with E-state index in [4.69, 9.17) is 4.74 Å². The molecule has 1 aliphatic heterocycles. The van der Waals surface area contributed by atoms with E-state index in [1.165, 1.54) is 36.1 Å². The molecule has 0 bridgehead atoms. The predicted octanol–water partition coefficient (Wildman–Crippen LogP) is 4.75. The van der Waals surface area contributed by atoms with Gasteiger partial charge in [0.25, 0.3) is 0 Å². The number of Topliss-reactive ketones (excluding diaryl/α,β-unsaturated/α-hetero) is 1. The lowest BCUT2D eigenvalue weighted by atomic mass is 9.87. The van der Waals surface area contributed by atoms with Crippen LogP contribution in [0.5, 0.6) is 0 Å². The quantitative estimate of drug-likeness (QED) is 0.295. The summed E-state index contributed by atoms with van der Waals surface area (Å²) in [6, 6.07) is 12.6. The number of ether oxygens (including phenoxy) is 1. The Morgan fingerprint density at radius 1 is 1.29 bits per heavy atom. The number of hydrogen-bond donors (Lipinski definition) is 2. The summed E-state index contributed by atoms with van der Waals surface area (Å²) in [5.41, 5.74) is 2.41. The third-order valence-corrected chi connectivity index (χ3v) is 6.90. The molecule has 0 spiro atoms. The largest absolute Gasteiger partial charge is 0.458 e. The van der Waals surface area contributed by atoms with Gasteiger partial charge in [-0.15, -0.1) is 11.3 Å². The van der Waals surface area contributed by atoms with E-state index >= 15 is 0 Å². The number of nitrogens with one attached hydrogen (secondary N) is 2. The number of carbonyl (C=O) groups is 3. The van der Waals surface area contributed by atoms with Gasteiger partial charge in [-0.2, -0.15) is 5.26 Å². The van der Waals surface area contributed by atoms with Gasteiger partial charge in [-0.3, -0.25) is 9.59 Å². The van der Waals surface area contributed by atoms with Crippen LogP contribution in [0.15, 0.2) is 76.3 Å². The molecule has 2 N–H and O–H groups in total. The summed E-state index contributed by atoms with van der Waals surface area (Å²) in [6.07, 6.45) is 1.48. The summed E-state index contributed by atoms with van der Waals surface area (Å²) in [6.45, 7) is 6.85. The summed E-state index contributed by atoms with van der Waals surface area (Å²) in [7, 11) is 0. The first-order valence-corrected chi connectivity index (χ1v) is 12.2. The van der Waals surface area contributed by atoms with Crippen molar-refractivity contribution in [3.63, 3.8) is 0 Å². The van der Waals surface area contributed by atoms with Crippen molar-refractivity contribution >= 4 is 46.4 Å². The lowest BCUT2D eigenvalue weighted by Gasteiger charge is -2.28. The maximum absolute atomic E-state index is 12.8. The second-order valence-corrected chi connectivity index (χ2v) is 9.29. The number of anilines is 1. The van der Waals surface area contributed by atoms with Gasteiger partial charge < -0.3 is 15.4 Å². The number of dihydropyridines is 1. The summed E-state index contributed by atoms with van der Waals surface area (Å²) < 4.78 is 5.27. The number of benzene rings is 1. The van der Waals surface area contributed by atoms with E-state index < -0.39 is 11.9 Å². The molecule has 0 radical (unpaired) electrons. The molecule has 1 amide bonds. The smallest absolute Gasteiger partial charge is 0.337 e. The molecule has 1 aromatic carbocycles. The first-order chi connectivity index (χ1) is 16.3. The first-order valence-electron chi connectivity index (χ1n) is 10.3. The van der Waals surface area contributed by atoms with Gasteiger partial charge in [-0.1, -0.05) is 30.5 Å². The minimum Gasteiger partial charge on any atom is -0.458 e.